The van der Waals surface area contributed by atoms with Crippen molar-refractivity contribution < 1.29 is 27.8 Å². The highest BCUT2D eigenvalue weighted by Gasteiger charge is 2.24. The molecular formula is C23H27ClF2N6O4. The lowest BCUT2D eigenvalue weighted by Gasteiger charge is -2.26. The van der Waals surface area contributed by atoms with Crippen molar-refractivity contribution in [1.29, 1.82) is 0 Å². The third-order valence-corrected chi connectivity index (χ3v) is 5.57. The van der Waals surface area contributed by atoms with Crippen molar-refractivity contribution in [3.63, 3.8) is 0 Å². The van der Waals surface area contributed by atoms with Crippen molar-refractivity contribution in [1.82, 2.24) is 20.0 Å². The predicted octanol–water partition coefficient (Wildman–Crippen LogP) is 2.80. The van der Waals surface area contributed by atoms with Gasteiger partial charge in [0.05, 0.1) is 24.5 Å². The van der Waals surface area contributed by atoms with E-state index in [9.17, 15) is 18.4 Å². The van der Waals surface area contributed by atoms with Gasteiger partial charge in [-0.3, -0.25) is 19.3 Å². The van der Waals surface area contributed by atoms with E-state index < -0.39 is 12.5 Å². The molecule has 3 rings (SSSR count). The fourth-order valence-corrected chi connectivity index (χ4v) is 3.83. The van der Waals surface area contributed by atoms with Crippen LogP contribution < -0.4 is 15.4 Å². The molecule has 0 unspecified atom stereocenters. The summed E-state index contributed by atoms with van der Waals surface area (Å²) in [4.78, 5) is 31.6. The molecule has 10 nitrogen and oxygen atoms in total. The van der Waals surface area contributed by atoms with Crippen LogP contribution in [0.2, 0.25) is 5.02 Å². The van der Waals surface area contributed by atoms with Crippen molar-refractivity contribution in [3.05, 3.63) is 41.1 Å². The van der Waals surface area contributed by atoms with Gasteiger partial charge in [-0.15, -0.1) is 0 Å². The summed E-state index contributed by atoms with van der Waals surface area (Å²) in [6.45, 7) is 0.217. The van der Waals surface area contributed by atoms with Crippen molar-refractivity contribution >= 4 is 34.9 Å². The van der Waals surface area contributed by atoms with Crippen LogP contribution in [-0.4, -0.2) is 79.3 Å². The highest BCUT2D eigenvalue weighted by molar-refractivity contribution is 6.31. The number of halogens is 3. The number of ether oxygens (including phenoxy) is 2. The molecule has 1 aliphatic heterocycles. The number of amides is 2. The van der Waals surface area contributed by atoms with Crippen LogP contribution in [-0.2, 0) is 20.9 Å². The largest absolute Gasteiger partial charge is 0.434 e. The van der Waals surface area contributed by atoms with Crippen LogP contribution in [0.15, 0.2) is 41.0 Å². The summed E-state index contributed by atoms with van der Waals surface area (Å²) in [6, 6.07) is 4.08. The summed E-state index contributed by atoms with van der Waals surface area (Å²) < 4.78 is 37.5. The van der Waals surface area contributed by atoms with E-state index in [4.69, 9.17) is 16.3 Å². The summed E-state index contributed by atoms with van der Waals surface area (Å²) >= 11 is 6.14. The monoisotopic (exact) mass is 524 g/mol. The van der Waals surface area contributed by atoms with E-state index in [0.29, 0.717) is 32.1 Å². The van der Waals surface area contributed by atoms with E-state index in [1.165, 1.54) is 36.1 Å². The SMILES string of the molecule is C/C=C(/C(=O)Nc1cn(CC(=O)N2CCOCC2)nc1-c1cc(Cl)ccc1OC(F)F)C(=NC)NC. The zero-order chi connectivity index (χ0) is 26.2. The Bertz CT molecular complexity index is 1160. The van der Waals surface area contributed by atoms with E-state index in [1.54, 1.807) is 24.9 Å². The number of likely N-dealkylation sites (N-methyl/N-ethyl adjacent to an activating group) is 1. The number of carbonyl (C=O) groups excluding carboxylic acids is 2. The molecule has 1 fully saturated rings. The molecule has 0 atom stereocenters. The topological polar surface area (TPSA) is 110 Å². The van der Waals surface area contributed by atoms with E-state index in [2.05, 4.69) is 25.5 Å². The summed E-state index contributed by atoms with van der Waals surface area (Å²) in [5.74, 6) is -0.570. The van der Waals surface area contributed by atoms with Gasteiger partial charge < -0.3 is 25.0 Å². The number of nitrogens with zero attached hydrogens (tertiary/aromatic N) is 4. The third kappa shape index (κ3) is 6.58. The number of benzene rings is 1. The minimum absolute atomic E-state index is 0.103. The highest BCUT2D eigenvalue weighted by atomic mass is 35.5. The second-order valence-electron chi connectivity index (χ2n) is 7.58. The normalized spacial score (nSPS) is 14.7. The molecule has 0 saturated carbocycles. The van der Waals surface area contributed by atoms with Crippen molar-refractivity contribution in [2.75, 3.05) is 45.7 Å². The first-order valence-electron chi connectivity index (χ1n) is 11.1. The number of amidine groups is 1. The molecule has 2 heterocycles. The maximum atomic E-state index is 13.1. The number of nitrogens with one attached hydrogen (secondary N) is 2. The molecule has 36 heavy (non-hydrogen) atoms. The van der Waals surface area contributed by atoms with Gasteiger partial charge in [0.15, 0.2) is 0 Å². The van der Waals surface area contributed by atoms with Crippen LogP contribution in [0, 0.1) is 0 Å². The minimum Gasteiger partial charge on any atom is -0.434 e. The first-order chi connectivity index (χ1) is 17.3. The number of aliphatic imine (C=N–C) groups is 1. The number of carbonyl (C=O) groups is 2. The van der Waals surface area contributed by atoms with Crippen molar-refractivity contribution in [3.8, 4) is 17.0 Å². The second kappa shape index (κ2) is 12.5. The average molecular weight is 525 g/mol. The Morgan fingerprint density at radius 2 is 2.06 bits per heavy atom. The summed E-state index contributed by atoms with van der Waals surface area (Å²) in [5.41, 5.74) is 0.641. The average Bonchev–Trinajstić information content (AvgIpc) is 3.25. The second-order valence-corrected chi connectivity index (χ2v) is 8.02. The molecule has 0 bridgehead atoms. The zero-order valence-corrected chi connectivity index (χ0v) is 20.8. The molecule has 2 aromatic rings. The van der Waals surface area contributed by atoms with Gasteiger partial charge in [-0.05, 0) is 25.1 Å². The number of hydrogen-bond acceptors (Lipinski definition) is 6. The molecule has 1 aromatic heterocycles. The van der Waals surface area contributed by atoms with Crippen LogP contribution in [0.1, 0.15) is 6.92 Å². The Balaban J connectivity index is 2.02. The van der Waals surface area contributed by atoms with Gasteiger partial charge in [-0.25, -0.2) is 0 Å². The molecule has 13 heteroatoms. The predicted molar refractivity (Wildman–Crippen MR) is 132 cm³/mol. The Morgan fingerprint density at radius 1 is 1.33 bits per heavy atom. The summed E-state index contributed by atoms with van der Waals surface area (Å²) in [5, 5.41) is 10.2. The number of morpholine rings is 1. The van der Waals surface area contributed by atoms with E-state index in [1.807, 2.05) is 0 Å². The molecule has 194 valence electrons. The van der Waals surface area contributed by atoms with Gasteiger partial charge in [-0.1, -0.05) is 17.7 Å². The molecule has 1 aromatic carbocycles. The number of hydrogen-bond donors (Lipinski definition) is 2. The molecule has 1 aliphatic rings. The van der Waals surface area contributed by atoms with Crippen LogP contribution in [0.25, 0.3) is 11.3 Å². The van der Waals surface area contributed by atoms with Gasteiger partial charge in [0.2, 0.25) is 5.91 Å². The molecule has 2 amide bonds. The number of allylic oxidation sites excluding steroid dienone is 1. The lowest BCUT2D eigenvalue weighted by molar-refractivity contribution is -0.136. The Labute approximate surface area is 211 Å². The Kier molecular flexibility index (Phi) is 9.37. The highest BCUT2D eigenvalue weighted by Crippen LogP contribution is 2.37. The van der Waals surface area contributed by atoms with E-state index in [-0.39, 0.29) is 45.7 Å². The first-order valence-corrected chi connectivity index (χ1v) is 11.5. The van der Waals surface area contributed by atoms with Crippen molar-refractivity contribution in [2.45, 2.75) is 20.1 Å². The third-order valence-electron chi connectivity index (χ3n) is 5.33. The van der Waals surface area contributed by atoms with Gasteiger partial charge in [0.25, 0.3) is 5.91 Å². The maximum absolute atomic E-state index is 13.1. The lowest BCUT2D eigenvalue weighted by Crippen LogP contribution is -2.42. The molecule has 1 saturated heterocycles. The van der Waals surface area contributed by atoms with E-state index >= 15 is 0 Å². The number of aromatic nitrogens is 2. The fraction of sp³-hybridized carbons (Fsp3) is 0.391. The summed E-state index contributed by atoms with van der Waals surface area (Å²) in [6.07, 6.45) is 3.03. The van der Waals surface area contributed by atoms with Gasteiger partial charge >= 0.3 is 6.61 Å². The van der Waals surface area contributed by atoms with Crippen molar-refractivity contribution in [2.24, 2.45) is 4.99 Å². The fourth-order valence-electron chi connectivity index (χ4n) is 3.66. The smallest absolute Gasteiger partial charge is 0.387 e. The first kappa shape index (κ1) is 27.1. The minimum atomic E-state index is -3.10. The van der Waals surface area contributed by atoms with Crippen LogP contribution in [0.5, 0.6) is 5.75 Å². The van der Waals surface area contributed by atoms with Gasteiger partial charge in [0, 0.05) is 44.0 Å². The van der Waals surface area contributed by atoms with Crippen LogP contribution >= 0.6 is 11.6 Å². The standard InChI is InChI=1S/C23H27ClF2N6O4/c1-4-15(21(27-2)28-3)22(34)29-17-12-32(13-19(33)31-7-9-35-10-8-31)30-20(17)16-11-14(24)5-6-18(16)36-23(25)26/h4-6,11-12,23H,7-10,13H2,1-3H3,(H,27,28)(H,29,34)/b15-4+. The molecular weight excluding hydrogens is 498 g/mol. The molecule has 2 N–H and O–H groups in total. The molecule has 0 aliphatic carbocycles. The summed E-state index contributed by atoms with van der Waals surface area (Å²) in [7, 11) is 3.16. The van der Waals surface area contributed by atoms with Crippen LogP contribution in [0.3, 0.4) is 0 Å². The Morgan fingerprint density at radius 3 is 2.67 bits per heavy atom. The zero-order valence-electron chi connectivity index (χ0n) is 20.1. The van der Waals surface area contributed by atoms with E-state index in [0.717, 1.165) is 0 Å². The van der Waals surface area contributed by atoms with Gasteiger partial charge in [0.1, 0.15) is 23.8 Å². The lowest BCUT2D eigenvalue weighted by atomic mass is 10.1. The molecule has 0 spiro atoms. The van der Waals surface area contributed by atoms with Gasteiger partial charge in [-0.2, -0.15) is 13.9 Å². The quantitative estimate of drug-likeness (QED) is 0.312. The Hall–Kier alpha value is -3.51. The number of alkyl halides is 2. The number of rotatable bonds is 8. The van der Waals surface area contributed by atoms with Crippen LogP contribution in [0.4, 0.5) is 14.5 Å². The maximum Gasteiger partial charge on any atom is 0.387 e. The number of anilines is 1. The molecule has 0 radical (unpaired) electrons.